The molecule has 13 nitrogen and oxygen atoms in total. The van der Waals surface area contributed by atoms with Gasteiger partial charge in [-0.3, -0.25) is 19.2 Å². The molecule has 1 aliphatic rings. The van der Waals surface area contributed by atoms with Crippen molar-refractivity contribution >= 4 is 40.6 Å². The quantitative estimate of drug-likeness (QED) is 0.191. The lowest BCUT2D eigenvalue weighted by atomic mass is 10.0. The molecule has 2 heterocycles. The SMILES string of the molecule is NC(CO)C(=O)NC(CC(=O)O)C(=O)NC(Cc1c[nH]c2ccccc12)C(=O)N1CCCC1C(=O)O. The third-order valence-electron chi connectivity index (χ3n) is 6.08. The number of carboxylic acid groups (broad SMARTS) is 2. The molecule has 2 aromatic rings. The van der Waals surface area contributed by atoms with Gasteiger partial charge >= 0.3 is 11.9 Å². The number of rotatable bonds is 11. The smallest absolute Gasteiger partial charge is 0.326 e. The highest BCUT2D eigenvalue weighted by Gasteiger charge is 2.39. The third kappa shape index (κ3) is 6.17. The van der Waals surface area contributed by atoms with Crippen molar-refractivity contribution in [3.8, 4) is 0 Å². The van der Waals surface area contributed by atoms with Crippen LogP contribution in [0.2, 0.25) is 0 Å². The average Bonchev–Trinajstić information content (AvgIpc) is 3.49. The minimum atomic E-state index is -1.58. The number of nitrogens with one attached hydrogen (secondary N) is 3. The topological polar surface area (TPSA) is 215 Å². The van der Waals surface area contributed by atoms with Gasteiger partial charge in [-0.1, -0.05) is 18.2 Å². The summed E-state index contributed by atoms with van der Waals surface area (Å²) in [5.41, 5.74) is 6.93. The van der Waals surface area contributed by atoms with Crippen LogP contribution in [0.25, 0.3) is 10.9 Å². The maximum Gasteiger partial charge on any atom is 0.326 e. The van der Waals surface area contributed by atoms with Gasteiger partial charge in [0.2, 0.25) is 17.7 Å². The van der Waals surface area contributed by atoms with Gasteiger partial charge in [0.25, 0.3) is 0 Å². The fourth-order valence-electron chi connectivity index (χ4n) is 4.23. The first-order valence-corrected chi connectivity index (χ1v) is 11.4. The van der Waals surface area contributed by atoms with E-state index in [1.54, 1.807) is 12.3 Å². The molecule has 1 aromatic carbocycles. The summed E-state index contributed by atoms with van der Waals surface area (Å²) < 4.78 is 0. The van der Waals surface area contributed by atoms with Crippen molar-refractivity contribution < 1.29 is 39.3 Å². The van der Waals surface area contributed by atoms with Crippen LogP contribution in [0.4, 0.5) is 0 Å². The molecule has 36 heavy (non-hydrogen) atoms. The Labute approximate surface area is 205 Å². The maximum absolute atomic E-state index is 13.5. The number of hydrogen-bond acceptors (Lipinski definition) is 7. The number of likely N-dealkylation sites (tertiary alicyclic amines) is 1. The van der Waals surface area contributed by atoms with Crippen molar-refractivity contribution in [2.45, 2.75) is 49.9 Å². The molecule has 1 saturated heterocycles. The second-order valence-electron chi connectivity index (χ2n) is 8.60. The van der Waals surface area contributed by atoms with Crippen molar-refractivity contribution in [1.82, 2.24) is 20.5 Å². The Bertz CT molecular complexity index is 1150. The number of aromatic amines is 1. The van der Waals surface area contributed by atoms with E-state index in [-0.39, 0.29) is 19.4 Å². The fraction of sp³-hybridized carbons (Fsp3) is 0.435. The van der Waals surface area contributed by atoms with E-state index in [0.29, 0.717) is 12.0 Å². The molecule has 194 valence electrons. The monoisotopic (exact) mass is 503 g/mol. The first-order valence-electron chi connectivity index (χ1n) is 11.4. The molecule has 1 fully saturated rings. The molecule has 1 aromatic heterocycles. The lowest BCUT2D eigenvalue weighted by Crippen LogP contribution is -2.58. The molecule has 4 atom stereocenters. The molecule has 3 amide bonds. The Hall–Kier alpha value is -3.97. The molecule has 1 aliphatic heterocycles. The Morgan fingerprint density at radius 2 is 1.78 bits per heavy atom. The van der Waals surface area contributed by atoms with E-state index in [0.717, 1.165) is 10.9 Å². The number of benzene rings is 1. The van der Waals surface area contributed by atoms with Gasteiger partial charge in [-0.25, -0.2) is 4.79 Å². The van der Waals surface area contributed by atoms with E-state index in [2.05, 4.69) is 15.6 Å². The first kappa shape index (κ1) is 26.6. The van der Waals surface area contributed by atoms with Gasteiger partial charge in [0.1, 0.15) is 24.2 Å². The number of carbonyl (C=O) groups is 5. The van der Waals surface area contributed by atoms with Crippen LogP contribution in [0.5, 0.6) is 0 Å². The molecule has 0 radical (unpaired) electrons. The van der Waals surface area contributed by atoms with Gasteiger partial charge in [0.15, 0.2) is 0 Å². The van der Waals surface area contributed by atoms with Crippen molar-refractivity contribution in [3.05, 3.63) is 36.0 Å². The van der Waals surface area contributed by atoms with E-state index in [4.69, 9.17) is 10.8 Å². The number of aliphatic hydroxyl groups is 1. The molecular formula is C23H29N5O8. The number of H-pyrrole nitrogens is 1. The van der Waals surface area contributed by atoms with Crippen LogP contribution in [0.3, 0.4) is 0 Å². The number of nitrogens with zero attached hydrogens (tertiary/aromatic N) is 1. The summed E-state index contributed by atoms with van der Waals surface area (Å²) in [4.78, 5) is 65.9. The van der Waals surface area contributed by atoms with Crippen LogP contribution in [0, 0.1) is 0 Å². The Kier molecular flexibility index (Phi) is 8.61. The number of carbonyl (C=O) groups excluding carboxylic acids is 3. The van der Waals surface area contributed by atoms with Gasteiger partial charge in [0, 0.05) is 30.1 Å². The molecule has 3 rings (SSSR count). The number of nitrogens with two attached hydrogens (primary N) is 1. The number of aliphatic hydroxyl groups excluding tert-OH is 1. The van der Waals surface area contributed by atoms with Gasteiger partial charge in [-0.2, -0.15) is 0 Å². The molecule has 0 aliphatic carbocycles. The van der Waals surface area contributed by atoms with Crippen LogP contribution in [-0.2, 0) is 30.4 Å². The highest BCUT2D eigenvalue weighted by molar-refractivity contribution is 5.96. The summed E-state index contributed by atoms with van der Waals surface area (Å²) in [5.74, 6) is -5.08. The van der Waals surface area contributed by atoms with Crippen LogP contribution < -0.4 is 16.4 Å². The van der Waals surface area contributed by atoms with Crippen LogP contribution >= 0.6 is 0 Å². The molecule has 0 saturated carbocycles. The second-order valence-corrected chi connectivity index (χ2v) is 8.60. The summed E-state index contributed by atoms with van der Waals surface area (Å²) in [6.45, 7) is -0.531. The van der Waals surface area contributed by atoms with Gasteiger partial charge in [-0.05, 0) is 24.5 Å². The number of aromatic nitrogens is 1. The van der Waals surface area contributed by atoms with Crippen molar-refractivity contribution in [2.24, 2.45) is 5.73 Å². The van der Waals surface area contributed by atoms with Gasteiger partial charge in [0.05, 0.1) is 13.0 Å². The van der Waals surface area contributed by atoms with E-state index < -0.39 is 66.9 Å². The summed E-state index contributed by atoms with van der Waals surface area (Å²) in [6.07, 6.45) is 1.61. The van der Waals surface area contributed by atoms with Crippen molar-refractivity contribution in [3.63, 3.8) is 0 Å². The molecule has 4 unspecified atom stereocenters. The number of amides is 3. The Morgan fingerprint density at radius 3 is 2.44 bits per heavy atom. The molecule has 0 bridgehead atoms. The van der Waals surface area contributed by atoms with Crippen molar-refractivity contribution in [1.29, 1.82) is 0 Å². The van der Waals surface area contributed by atoms with Crippen LogP contribution in [0.15, 0.2) is 30.5 Å². The average molecular weight is 504 g/mol. The summed E-state index contributed by atoms with van der Waals surface area (Å²) in [5, 5.41) is 33.3. The molecule has 0 spiro atoms. The zero-order chi connectivity index (χ0) is 26.4. The normalized spacial score (nSPS) is 17.8. The lowest BCUT2D eigenvalue weighted by molar-refractivity contribution is -0.149. The lowest BCUT2D eigenvalue weighted by Gasteiger charge is -2.28. The number of aliphatic carboxylic acids is 2. The number of carboxylic acids is 2. The first-order chi connectivity index (χ1) is 17.1. The predicted molar refractivity (Wildman–Crippen MR) is 126 cm³/mol. The largest absolute Gasteiger partial charge is 0.481 e. The minimum absolute atomic E-state index is 0.0126. The van der Waals surface area contributed by atoms with Crippen LogP contribution in [-0.4, -0.2) is 92.2 Å². The molecular weight excluding hydrogens is 474 g/mol. The molecule has 13 heteroatoms. The summed E-state index contributed by atoms with van der Waals surface area (Å²) >= 11 is 0. The van der Waals surface area contributed by atoms with E-state index >= 15 is 0 Å². The highest BCUT2D eigenvalue weighted by atomic mass is 16.4. The second kappa shape index (κ2) is 11.6. The van der Waals surface area contributed by atoms with Crippen molar-refractivity contribution in [2.75, 3.05) is 13.2 Å². The van der Waals surface area contributed by atoms with E-state index in [1.807, 2.05) is 18.2 Å². The Balaban J connectivity index is 1.89. The van der Waals surface area contributed by atoms with Gasteiger partial charge < -0.3 is 41.6 Å². The summed E-state index contributed by atoms with van der Waals surface area (Å²) in [6, 6.07) is 2.04. The van der Waals surface area contributed by atoms with E-state index in [9.17, 15) is 34.2 Å². The van der Waals surface area contributed by atoms with Gasteiger partial charge in [-0.15, -0.1) is 0 Å². The van der Waals surface area contributed by atoms with E-state index in [1.165, 1.54) is 4.90 Å². The number of hydrogen-bond donors (Lipinski definition) is 7. The predicted octanol–water partition coefficient (Wildman–Crippen LogP) is -1.45. The molecule has 8 N–H and O–H groups in total. The standard InChI is InChI=1S/C23H29N5O8/c24-14(11-29)20(32)26-16(9-19(30)31)21(33)27-17(22(34)28-7-3-6-18(28)23(35)36)8-12-10-25-15-5-2-1-4-13(12)15/h1-2,4-5,10,14,16-18,25,29H,3,6-9,11,24H2,(H,26,32)(H,27,33)(H,30,31)(H,35,36). The third-order valence-corrected chi connectivity index (χ3v) is 6.08. The van der Waals surface area contributed by atoms with Crippen LogP contribution in [0.1, 0.15) is 24.8 Å². The number of para-hydroxylation sites is 1. The zero-order valence-corrected chi connectivity index (χ0v) is 19.3. The number of fused-ring (bicyclic) bond motifs is 1. The fourth-order valence-corrected chi connectivity index (χ4v) is 4.23. The minimum Gasteiger partial charge on any atom is -0.481 e. The Morgan fingerprint density at radius 1 is 1.08 bits per heavy atom. The highest BCUT2D eigenvalue weighted by Crippen LogP contribution is 2.23. The zero-order valence-electron chi connectivity index (χ0n) is 19.3. The maximum atomic E-state index is 13.5. The summed E-state index contributed by atoms with van der Waals surface area (Å²) in [7, 11) is 0.